The Morgan fingerprint density at radius 2 is 2.26 bits per heavy atom. The average molecular weight is 275 g/mol. The molecule has 0 aliphatic heterocycles. The third-order valence-electron chi connectivity index (χ3n) is 3.93. The topological polar surface area (TPSA) is 29.9 Å². The fourth-order valence-electron chi connectivity index (χ4n) is 2.61. The third kappa shape index (κ3) is 2.74. The van der Waals surface area contributed by atoms with E-state index in [9.17, 15) is 0 Å². The number of hydrogen-bond acceptors (Lipinski definition) is 3. The van der Waals surface area contributed by atoms with Gasteiger partial charge in [-0.3, -0.25) is 0 Å². The number of hydrogen-bond donors (Lipinski definition) is 1. The minimum atomic E-state index is 0.529. The molecule has 2 aromatic rings. The van der Waals surface area contributed by atoms with Gasteiger partial charge >= 0.3 is 0 Å². The molecule has 1 saturated carbocycles. The Hall–Kier alpha value is -1.13. The predicted molar refractivity (Wildman–Crippen MR) is 79.6 cm³/mol. The number of nitrogens with zero attached hydrogens (tertiary/aromatic N) is 2. The number of nitrogens with one attached hydrogen (secondary N) is 1. The van der Waals surface area contributed by atoms with E-state index in [-0.39, 0.29) is 0 Å². The van der Waals surface area contributed by atoms with Crippen LogP contribution in [0.25, 0.3) is 0 Å². The molecule has 0 bridgehead atoms. The molecule has 0 spiro atoms. The molecule has 0 amide bonds. The van der Waals surface area contributed by atoms with Gasteiger partial charge in [0.15, 0.2) is 0 Å². The second kappa shape index (κ2) is 5.10. The van der Waals surface area contributed by atoms with Crippen LogP contribution in [0.15, 0.2) is 18.5 Å². The Morgan fingerprint density at radius 3 is 2.84 bits per heavy atom. The fraction of sp³-hybridized carbons (Fsp3) is 0.533. The van der Waals surface area contributed by atoms with Crippen molar-refractivity contribution in [1.82, 2.24) is 14.9 Å². The van der Waals surface area contributed by atoms with Crippen molar-refractivity contribution in [2.24, 2.45) is 5.92 Å². The quantitative estimate of drug-likeness (QED) is 0.907. The van der Waals surface area contributed by atoms with Crippen molar-refractivity contribution in [2.45, 2.75) is 39.3 Å². The molecular formula is C15H21N3S. The van der Waals surface area contributed by atoms with Gasteiger partial charge in [0, 0.05) is 23.3 Å². The van der Waals surface area contributed by atoms with Gasteiger partial charge < -0.3 is 9.88 Å². The average Bonchev–Trinajstić information content (AvgIpc) is 3.02. The van der Waals surface area contributed by atoms with E-state index in [1.54, 1.807) is 11.3 Å². The molecule has 0 aromatic carbocycles. The second-order valence-corrected chi connectivity index (χ2v) is 6.76. The summed E-state index contributed by atoms with van der Waals surface area (Å²) in [5, 5.41) is 4.64. The summed E-state index contributed by atoms with van der Waals surface area (Å²) >= 11 is 1.80. The van der Waals surface area contributed by atoms with Gasteiger partial charge in [-0.2, -0.15) is 0 Å². The van der Waals surface area contributed by atoms with E-state index in [0.29, 0.717) is 6.04 Å². The van der Waals surface area contributed by atoms with Crippen LogP contribution in [0.1, 0.15) is 40.0 Å². The van der Waals surface area contributed by atoms with Crippen molar-refractivity contribution in [3.8, 4) is 0 Å². The Bertz CT molecular complexity index is 546. The van der Waals surface area contributed by atoms with Gasteiger partial charge in [0.05, 0.1) is 12.2 Å². The molecule has 2 aromatic heterocycles. The van der Waals surface area contributed by atoms with Crippen LogP contribution in [0.5, 0.6) is 0 Å². The van der Waals surface area contributed by atoms with E-state index in [0.717, 1.165) is 12.5 Å². The molecule has 1 fully saturated rings. The molecule has 1 aliphatic rings. The predicted octanol–water partition coefficient (Wildman–Crippen LogP) is 3.28. The molecule has 0 saturated heterocycles. The lowest BCUT2D eigenvalue weighted by molar-refractivity contribution is 0.528. The van der Waals surface area contributed by atoms with E-state index >= 15 is 0 Å². The molecule has 3 rings (SSSR count). The van der Waals surface area contributed by atoms with Crippen LogP contribution in [0.2, 0.25) is 0 Å². The van der Waals surface area contributed by atoms with Gasteiger partial charge in [-0.1, -0.05) is 0 Å². The van der Waals surface area contributed by atoms with Gasteiger partial charge in [-0.05, 0) is 51.3 Å². The second-order valence-electron chi connectivity index (χ2n) is 5.47. The SMILES string of the molecule is CNC(c1ccn(Cc2nc(C)c(C)s2)c1)C1CC1. The Kier molecular flexibility index (Phi) is 3.46. The summed E-state index contributed by atoms with van der Waals surface area (Å²) < 4.78 is 2.25. The molecule has 1 unspecified atom stereocenters. The molecule has 19 heavy (non-hydrogen) atoms. The highest BCUT2D eigenvalue weighted by atomic mass is 32.1. The minimum Gasteiger partial charge on any atom is -0.347 e. The van der Waals surface area contributed by atoms with E-state index in [4.69, 9.17) is 0 Å². The van der Waals surface area contributed by atoms with Crippen LogP contribution in [0, 0.1) is 19.8 Å². The van der Waals surface area contributed by atoms with Gasteiger partial charge in [0.1, 0.15) is 5.01 Å². The minimum absolute atomic E-state index is 0.529. The highest BCUT2D eigenvalue weighted by Crippen LogP contribution is 2.40. The summed E-state index contributed by atoms with van der Waals surface area (Å²) in [5.41, 5.74) is 2.58. The highest BCUT2D eigenvalue weighted by molar-refractivity contribution is 7.11. The van der Waals surface area contributed by atoms with E-state index < -0.39 is 0 Å². The zero-order valence-electron chi connectivity index (χ0n) is 11.8. The monoisotopic (exact) mass is 275 g/mol. The zero-order chi connectivity index (χ0) is 13.4. The summed E-state index contributed by atoms with van der Waals surface area (Å²) in [6.45, 7) is 5.11. The summed E-state index contributed by atoms with van der Waals surface area (Å²) in [6, 6.07) is 2.77. The maximum atomic E-state index is 4.61. The summed E-state index contributed by atoms with van der Waals surface area (Å²) in [7, 11) is 2.06. The molecule has 1 atom stereocenters. The first-order valence-corrected chi connectivity index (χ1v) is 7.75. The van der Waals surface area contributed by atoms with Crippen LogP contribution in [0.3, 0.4) is 0 Å². The van der Waals surface area contributed by atoms with Gasteiger partial charge in [-0.25, -0.2) is 4.98 Å². The van der Waals surface area contributed by atoms with Crippen LogP contribution in [0.4, 0.5) is 0 Å². The molecule has 4 heteroatoms. The Morgan fingerprint density at radius 1 is 1.47 bits per heavy atom. The van der Waals surface area contributed by atoms with Gasteiger partial charge in [0.25, 0.3) is 0 Å². The molecular weight excluding hydrogens is 254 g/mol. The number of aryl methyl sites for hydroxylation is 2. The van der Waals surface area contributed by atoms with Gasteiger partial charge in [0.2, 0.25) is 0 Å². The lowest BCUT2D eigenvalue weighted by Gasteiger charge is -2.13. The first-order valence-electron chi connectivity index (χ1n) is 6.93. The van der Waals surface area contributed by atoms with Crippen molar-refractivity contribution < 1.29 is 0 Å². The Balaban J connectivity index is 1.73. The molecule has 2 heterocycles. The first kappa shape index (κ1) is 12.9. The number of thiazole rings is 1. The fourth-order valence-corrected chi connectivity index (χ4v) is 3.55. The molecule has 102 valence electrons. The van der Waals surface area contributed by atoms with Crippen LogP contribution in [-0.4, -0.2) is 16.6 Å². The van der Waals surface area contributed by atoms with Crippen molar-refractivity contribution in [3.05, 3.63) is 39.6 Å². The maximum absolute atomic E-state index is 4.61. The number of aromatic nitrogens is 2. The third-order valence-corrected chi connectivity index (χ3v) is 4.99. The highest BCUT2D eigenvalue weighted by Gasteiger charge is 2.31. The summed E-state index contributed by atoms with van der Waals surface area (Å²) in [6.07, 6.45) is 7.17. The van der Waals surface area contributed by atoms with E-state index in [1.165, 1.54) is 34.0 Å². The van der Waals surface area contributed by atoms with Crippen molar-refractivity contribution in [3.63, 3.8) is 0 Å². The smallest absolute Gasteiger partial charge is 0.113 e. The summed E-state index contributed by atoms with van der Waals surface area (Å²) in [5.74, 6) is 0.838. The summed E-state index contributed by atoms with van der Waals surface area (Å²) in [4.78, 5) is 5.94. The molecule has 0 radical (unpaired) electrons. The zero-order valence-corrected chi connectivity index (χ0v) is 12.6. The number of rotatable bonds is 5. The Labute approximate surface area is 118 Å². The largest absolute Gasteiger partial charge is 0.347 e. The van der Waals surface area contributed by atoms with Gasteiger partial charge in [-0.15, -0.1) is 11.3 Å². The van der Waals surface area contributed by atoms with Crippen LogP contribution in [-0.2, 0) is 6.54 Å². The van der Waals surface area contributed by atoms with E-state index in [1.807, 2.05) is 0 Å². The first-order chi connectivity index (χ1) is 9.17. The van der Waals surface area contributed by atoms with Crippen LogP contribution < -0.4 is 5.32 Å². The standard InChI is InChI=1S/C15H21N3S/c1-10-11(2)19-14(17-10)9-18-7-6-13(8-18)15(16-3)12-4-5-12/h6-8,12,15-16H,4-5,9H2,1-3H3. The lowest BCUT2D eigenvalue weighted by Crippen LogP contribution is -2.17. The van der Waals surface area contributed by atoms with Crippen molar-refractivity contribution in [1.29, 1.82) is 0 Å². The molecule has 1 N–H and O–H groups in total. The molecule has 1 aliphatic carbocycles. The normalized spacial score (nSPS) is 16.8. The maximum Gasteiger partial charge on any atom is 0.113 e. The lowest BCUT2D eigenvalue weighted by atomic mass is 10.1. The van der Waals surface area contributed by atoms with E-state index in [2.05, 4.69) is 54.2 Å². The van der Waals surface area contributed by atoms with Crippen molar-refractivity contribution in [2.75, 3.05) is 7.05 Å². The molecule has 3 nitrogen and oxygen atoms in total. The van der Waals surface area contributed by atoms with Crippen LogP contribution >= 0.6 is 11.3 Å². The van der Waals surface area contributed by atoms with Crippen molar-refractivity contribution >= 4 is 11.3 Å².